The van der Waals surface area contributed by atoms with E-state index in [1.54, 1.807) is 17.5 Å². The molecule has 0 aliphatic heterocycles. The van der Waals surface area contributed by atoms with Crippen molar-refractivity contribution in [1.82, 2.24) is 10.3 Å². The topological polar surface area (TPSA) is 42.0 Å². The van der Waals surface area contributed by atoms with Crippen molar-refractivity contribution in [3.63, 3.8) is 0 Å². The molecular formula is C16H20N2OS. The van der Waals surface area contributed by atoms with Crippen LogP contribution in [-0.2, 0) is 11.2 Å². The maximum absolute atomic E-state index is 12.2. The van der Waals surface area contributed by atoms with E-state index in [1.807, 2.05) is 36.6 Å². The fourth-order valence-corrected chi connectivity index (χ4v) is 2.87. The zero-order valence-electron chi connectivity index (χ0n) is 12.1. The van der Waals surface area contributed by atoms with Crippen molar-refractivity contribution < 1.29 is 4.79 Å². The predicted octanol–water partition coefficient (Wildman–Crippen LogP) is 3.51. The summed E-state index contributed by atoms with van der Waals surface area (Å²) in [5.74, 6) is 0.354. The lowest BCUT2D eigenvalue weighted by Gasteiger charge is -2.23. The van der Waals surface area contributed by atoms with E-state index in [9.17, 15) is 4.79 Å². The molecule has 0 unspecified atom stereocenters. The molecule has 2 heterocycles. The summed E-state index contributed by atoms with van der Waals surface area (Å²) >= 11 is 1.61. The summed E-state index contributed by atoms with van der Waals surface area (Å²) in [5, 5.41) is 5.11. The summed E-state index contributed by atoms with van der Waals surface area (Å²) in [6, 6.07) is 7.87. The van der Waals surface area contributed by atoms with Crippen LogP contribution in [0.3, 0.4) is 0 Å². The third-order valence-corrected chi connectivity index (χ3v) is 4.12. The highest BCUT2D eigenvalue weighted by molar-refractivity contribution is 7.10. The molecule has 1 N–H and O–H groups in total. The summed E-state index contributed by atoms with van der Waals surface area (Å²) < 4.78 is 0. The molecule has 20 heavy (non-hydrogen) atoms. The van der Waals surface area contributed by atoms with Crippen molar-refractivity contribution in [1.29, 1.82) is 0 Å². The Kier molecular flexibility index (Phi) is 4.90. The van der Waals surface area contributed by atoms with Gasteiger partial charge in [0.05, 0.1) is 18.2 Å². The highest BCUT2D eigenvalue weighted by atomic mass is 32.1. The third-order valence-electron chi connectivity index (χ3n) is 3.24. The van der Waals surface area contributed by atoms with Crippen LogP contribution < -0.4 is 5.32 Å². The summed E-state index contributed by atoms with van der Waals surface area (Å²) in [6.45, 7) is 6.23. The molecule has 1 amide bonds. The second kappa shape index (κ2) is 6.66. The van der Waals surface area contributed by atoms with Crippen LogP contribution >= 0.6 is 11.3 Å². The fraction of sp³-hybridized carbons (Fsp3) is 0.375. The van der Waals surface area contributed by atoms with E-state index in [2.05, 4.69) is 24.1 Å². The van der Waals surface area contributed by atoms with E-state index in [-0.39, 0.29) is 11.9 Å². The predicted molar refractivity (Wildman–Crippen MR) is 82.7 cm³/mol. The minimum Gasteiger partial charge on any atom is -0.347 e. The zero-order chi connectivity index (χ0) is 14.5. The second-order valence-electron chi connectivity index (χ2n) is 5.25. The van der Waals surface area contributed by atoms with Gasteiger partial charge in [-0.15, -0.1) is 11.3 Å². The van der Waals surface area contributed by atoms with Crippen molar-refractivity contribution in [2.24, 2.45) is 5.92 Å². The van der Waals surface area contributed by atoms with E-state index in [1.165, 1.54) is 0 Å². The van der Waals surface area contributed by atoms with Gasteiger partial charge in [-0.25, -0.2) is 0 Å². The Labute approximate surface area is 124 Å². The Morgan fingerprint density at radius 2 is 2.15 bits per heavy atom. The molecule has 2 aromatic rings. The Hall–Kier alpha value is -1.68. The number of rotatable bonds is 5. The SMILES string of the molecule is Cc1cccnc1[C@H](NC(=O)Cc1cccs1)C(C)C. The summed E-state index contributed by atoms with van der Waals surface area (Å²) in [5.41, 5.74) is 2.07. The molecule has 2 aromatic heterocycles. The van der Waals surface area contributed by atoms with Gasteiger partial charge in [-0.3, -0.25) is 9.78 Å². The Morgan fingerprint density at radius 3 is 2.75 bits per heavy atom. The van der Waals surface area contributed by atoms with Crippen LogP contribution in [0.2, 0.25) is 0 Å². The van der Waals surface area contributed by atoms with Crippen molar-refractivity contribution in [2.45, 2.75) is 33.2 Å². The number of carbonyl (C=O) groups is 1. The van der Waals surface area contributed by atoms with Gasteiger partial charge in [0, 0.05) is 11.1 Å². The molecule has 0 fully saturated rings. The summed E-state index contributed by atoms with van der Waals surface area (Å²) in [4.78, 5) is 17.7. The minimum atomic E-state index is -0.0383. The molecule has 3 nitrogen and oxygen atoms in total. The molecule has 0 spiro atoms. The normalized spacial score (nSPS) is 12.4. The van der Waals surface area contributed by atoms with Gasteiger partial charge < -0.3 is 5.32 Å². The van der Waals surface area contributed by atoms with Crippen LogP contribution in [-0.4, -0.2) is 10.9 Å². The van der Waals surface area contributed by atoms with Crippen LogP contribution in [0.25, 0.3) is 0 Å². The molecule has 4 heteroatoms. The molecule has 106 valence electrons. The molecule has 0 aliphatic carbocycles. The van der Waals surface area contributed by atoms with Gasteiger partial charge in [0.15, 0.2) is 0 Å². The Balaban J connectivity index is 2.10. The first-order valence-electron chi connectivity index (χ1n) is 6.81. The molecule has 1 atom stereocenters. The Morgan fingerprint density at radius 1 is 1.35 bits per heavy atom. The van der Waals surface area contributed by atoms with Crippen LogP contribution in [0.1, 0.15) is 36.0 Å². The lowest BCUT2D eigenvalue weighted by Crippen LogP contribution is -2.33. The first-order valence-corrected chi connectivity index (χ1v) is 7.69. The first-order chi connectivity index (χ1) is 9.58. The van der Waals surface area contributed by atoms with Crippen molar-refractivity contribution in [3.05, 3.63) is 52.0 Å². The molecule has 0 saturated carbocycles. The maximum Gasteiger partial charge on any atom is 0.225 e. The van der Waals surface area contributed by atoms with E-state index in [0.717, 1.165) is 16.1 Å². The van der Waals surface area contributed by atoms with Gasteiger partial charge in [0.25, 0.3) is 0 Å². The number of amides is 1. The van der Waals surface area contributed by atoms with Crippen LogP contribution in [0.5, 0.6) is 0 Å². The van der Waals surface area contributed by atoms with Crippen LogP contribution in [0, 0.1) is 12.8 Å². The monoisotopic (exact) mass is 288 g/mol. The lowest BCUT2D eigenvalue weighted by molar-refractivity contribution is -0.121. The van der Waals surface area contributed by atoms with Crippen LogP contribution in [0.15, 0.2) is 35.8 Å². The van der Waals surface area contributed by atoms with Crippen LogP contribution in [0.4, 0.5) is 0 Å². The zero-order valence-corrected chi connectivity index (χ0v) is 12.9. The third kappa shape index (κ3) is 3.67. The number of pyridine rings is 1. The quantitative estimate of drug-likeness (QED) is 0.915. The average Bonchev–Trinajstić information content (AvgIpc) is 2.89. The van der Waals surface area contributed by atoms with Gasteiger partial charge in [0.2, 0.25) is 5.91 Å². The number of thiophene rings is 1. The van der Waals surface area contributed by atoms with Crippen molar-refractivity contribution >= 4 is 17.2 Å². The molecule has 0 radical (unpaired) electrons. The lowest BCUT2D eigenvalue weighted by atomic mass is 9.97. The van der Waals surface area contributed by atoms with Gasteiger partial charge in [0.1, 0.15) is 0 Å². The van der Waals surface area contributed by atoms with E-state index >= 15 is 0 Å². The van der Waals surface area contributed by atoms with Gasteiger partial charge in [-0.1, -0.05) is 26.0 Å². The molecule has 0 saturated heterocycles. The van der Waals surface area contributed by atoms with Gasteiger partial charge in [-0.2, -0.15) is 0 Å². The summed E-state index contributed by atoms with van der Waals surface area (Å²) in [7, 11) is 0. The van der Waals surface area contributed by atoms with Gasteiger partial charge >= 0.3 is 0 Å². The molecule has 0 bridgehead atoms. The minimum absolute atomic E-state index is 0.0383. The highest BCUT2D eigenvalue weighted by Crippen LogP contribution is 2.22. The van der Waals surface area contributed by atoms with E-state index < -0.39 is 0 Å². The van der Waals surface area contributed by atoms with E-state index in [0.29, 0.717) is 12.3 Å². The average molecular weight is 288 g/mol. The van der Waals surface area contributed by atoms with Crippen molar-refractivity contribution in [3.8, 4) is 0 Å². The molecule has 0 aliphatic rings. The number of aryl methyl sites for hydroxylation is 1. The number of hydrogen-bond donors (Lipinski definition) is 1. The standard InChI is InChI=1S/C16H20N2OS/c1-11(2)15(16-12(3)6-4-8-17-16)18-14(19)10-13-7-5-9-20-13/h4-9,11,15H,10H2,1-3H3,(H,18,19)/t15-/m1/s1. The molecule has 2 rings (SSSR count). The second-order valence-corrected chi connectivity index (χ2v) is 6.28. The smallest absolute Gasteiger partial charge is 0.225 e. The fourth-order valence-electron chi connectivity index (χ4n) is 2.17. The largest absolute Gasteiger partial charge is 0.347 e. The van der Waals surface area contributed by atoms with Gasteiger partial charge in [-0.05, 0) is 35.9 Å². The first kappa shape index (κ1) is 14.7. The van der Waals surface area contributed by atoms with Crippen molar-refractivity contribution in [2.75, 3.05) is 0 Å². The highest BCUT2D eigenvalue weighted by Gasteiger charge is 2.21. The molecular weight excluding hydrogens is 268 g/mol. The number of nitrogens with zero attached hydrogens (tertiary/aromatic N) is 1. The molecule has 0 aromatic carbocycles. The number of carbonyl (C=O) groups excluding carboxylic acids is 1. The summed E-state index contributed by atoms with van der Waals surface area (Å²) in [6.07, 6.45) is 2.22. The number of nitrogens with one attached hydrogen (secondary N) is 1. The number of hydrogen-bond acceptors (Lipinski definition) is 3. The van der Waals surface area contributed by atoms with E-state index in [4.69, 9.17) is 0 Å². The maximum atomic E-state index is 12.2. The Bertz CT molecular complexity index is 564. The number of aromatic nitrogens is 1.